The van der Waals surface area contributed by atoms with E-state index in [1.165, 1.54) is 6.07 Å². The predicted octanol–water partition coefficient (Wildman–Crippen LogP) is 5.28. The normalized spacial score (nSPS) is 12.0. The number of hydrogen-bond acceptors (Lipinski definition) is 3. The first-order valence-electron chi connectivity index (χ1n) is 7.79. The Hall–Kier alpha value is -3.47. The van der Waals surface area contributed by atoms with Gasteiger partial charge in [-0.25, -0.2) is 0 Å². The van der Waals surface area contributed by atoms with Crippen LogP contribution in [-0.4, -0.2) is 15.1 Å². The van der Waals surface area contributed by atoms with Gasteiger partial charge in [0.2, 0.25) is 0 Å². The lowest BCUT2D eigenvalue weighted by Gasteiger charge is -2.04. The molecule has 0 aliphatic heterocycles. The molecule has 0 radical (unpaired) electrons. The third-order valence-corrected chi connectivity index (χ3v) is 3.94. The second-order valence-corrected chi connectivity index (χ2v) is 5.61. The summed E-state index contributed by atoms with van der Waals surface area (Å²) in [5, 5.41) is 19.1. The summed E-state index contributed by atoms with van der Waals surface area (Å²) < 4.78 is 0. The van der Waals surface area contributed by atoms with E-state index in [2.05, 4.69) is 16.8 Å². The minimum absolute atomic E-state index is 0.0527. The Morgan fingerprint density at radius 1 is 1.24 bits per heavy atom. The maximum atomic E-state index is 11.0. The van der Waals surface area contributed by atoms with E-state index >= 15 is 0 Å². The molecule has 1 aromatic heterocycles. The lowest BCUT2D eigenvalue weighted by Crippen LogP contribution is -1.87. The highest BCUT2D eigenvalue weighted by molar-refractivity contribution is 5.94. The van der Waals surface area contributed by atoms with Gasteiger partial charge in [0.1, 0.15) is 5.69 Å². The zero-order valence-corrected chi connectivity index (χ0v) is 13.8. The van der Waals surface area contributed by atoms with Crippen LogP contribution in [0.2, 0.25) is 0 Å². The monoisotopic (exact) mass is 331 g/mol. The van der Waals surface area contributed by atoms with Gasteiger partial charge in [-0.1, -0.05) is 49.1 Å². The van der Waals surface area contributed by atoms with Crippen molar-refractivity contribution in [3.63, 3.8) is 0 Å². The van der Waals surface area contributed by atoms with Gasteiger partial charge in [0.15, 0.2) is 0 Å². The van der Waals surface area contributed by atoms with Crippen LogP contribution in [0.5, 0.6) is 0 Å². The molecule has 5 nitrogen and oxygen atoms in total. The fraction of sp³-hybridized carbons (Fsp3) is 0.0500. The number of fused-ring (bicyclic) bond motifs is 1. The molecule has 0 atom stereocenters. The molecule has 0 amide bonds. The van der Waals surface area contributed by atoms with Crippen LogP contribution in [-0.2, 0) is 0 Å². The number of nitrogens with one attached hydrogen (secondary N) is 1. The summed E-state index contributed by atoms with van der Waals surface area (Å²) in [5.41, 5.74) is 4.60. The largest absolute Gasteiger partial charge is 0.277 e. The van der Waals surface area contributed by atoms with Crippen molar-refractivity contribution < 1.29 is 4.92 Å². The van der Waals surface area contributed by atoms with Crippen molar-refractivity contribution in [3.05, 3.63) is 89.0 Å². The molecule has 3 aromatic rings. The van der Waals surface area contributed by atoms with Crippen molar-refractivity contribution in [3.8, 4) is 11.3 Å². The molecule has 3 rings (SSSR count). The topological polar surface area (TPSA) is 71.8 Å². The molecule has 1 heterocycles. The summed E-state index contributed by atoms with van der Waals surface area (Å²) >= 11 is 0. The minimum atomic E-state index is -0.397. The number of H-pyrrole nitrogens is 1. The van der Waals surface area contributed by atoms with E-state index in [0.717, 1.165) is 27.6 Å². The van der Waals surface area contributed by atoms with E-state index in [0.29, 0.717) is 5.69 Å². The number of nitro benzene ring substituents is 1. The number of benzene rings is 2. The van der Waals surface area contributed by atoms with Crippen molar-refractivity contribution in [1.82, 2.24) is 10.2 Å². The summed E-state index contributed by atoms with van der Waals surface area (Å²) in [6, 6.07) is 12.7. The van der Waals surface area contributed by atoms with Crippen LogP contribution < -0.4 is 0 Å². The van der Waals surface area contributed by atoms with Gasteiger partial charge in [0.25, 0.3) is 5.69 Å². The fourth-order valence-corrected chi connectivity index (χ4v) is 2.62. The first-order valence-corrected chi connectivity index (χ1v) is 7.79. The van der Waals surface area contributed by atoms with Crippen LogP contribution in [0.15, 0.2) is 73.3 Å². The number of aromatic amines is 1. The highest BCUT2D eigenvalue weighted by Crippen LogP contribution is 2.30. The van der Waals surface area contributed by atoms with Crippen molar-refractivity contribution >= 4 is 22.2 Å². The molecular weight excluding hydrogens is 314 g/mol. The van der Waals surface area contributed by atoms with Crippen molar-refractivity contribution in [2.45, 2.75) is 6.92 Å². The molecule has 2 aromatic carbocycles. The van der Waals surface area contributed by atoms with E-state index in [1.54, 1.807) is 18.2 Å². The molecular formula is C20H17N3O2. The average molecular weight is 331 g/mol. The lowest BCUT2D eigenvalue weighted by molar-refractivity contribution is -0.384. The Labute approximate surface area is 145 Å². The molecule has 0 aliphatic rings. The average Bonchev–Trinajstić information content (AvgIpc) is 3.05. The molecule has 25 heavy (non-hydrogen) atoms. The quantitative estimate of drug-likeness (QED) is 0.392. The molecule has 1 N–H and O–H groups in total. The SMILES string of the molecule is C=C/C=C\C=C(/C)c1cccc(-c2n[nH]c3ccc([N+](=O)[O-])cc23)c1. The second-order valence-electron chi connectivity index (χ2n) is 5.61. The van der Waals surface area contributed by atoms with E-state index in [1.807, 2.05) is 49.4 Å². The third-order valence-electron chi connectivity index (χ3n) is 3.94. The summed E-state index contributed by atoms with van der Waals surface area (Å²) in [5.74, 6) is 0. The molecule has 0 aliphatic carbocycles. The molecule has 0 saturated heterocycles. The third kappa shape index (κ3) is 3.40. The van der Waals surface area contributed by atoms with Gasteiger partial charge in [0.05, 0.1) is 10.4 Å². The summed E-state index contributed by atoms with van der Waals surface area (Å²) in [4.78, 5) is 10.6. The summed E-state index contributed by atoms with van der Waals surface area (Å²) in [7, 11) is 0. The maximum Gasteiger partial charge on any atom is 0.270 e. The van der Waals surface area contributed by atoms with Crippen molar-refractivity contribution in [2.24, 2.45) is 0 Å². The Morgan fingerprint density at radius 3 is 2.84 bits per heavy atom. The number of hydrogen-bond donors (Lipinski definition) is 1. The Balaban J connectivity index is 2.07. The molecule has 0 bridgehead atoms. The first kappa shape index (κ1) is 16.4. The zero-order chi connectivity index (χ0) is 17.8. The number of rotatable bonds is 5. The van der Waals surface area contributed by atoms with E-state index in [-0.39, 0.29) is 5.69 Å². The van der Waals surface area contributed by atoms with E-state index < -0.39 is 4.92 Å². The van der Waals surface area contributed by atoms with Crippen molar-refractivity contribution in [1.29, 1.82) is 0 Å². The molecule has 0 spiro atoms. The second kappa shape index (κ2) is 6.97. The number of non-ortho nitro benzene ring substituents is 1. The summed E-state index contributed by atoms with van der Waals surface area (Å²) in [6.45, 7) is 5.68. The molecule has 0 fully saturated rings. The van der Waals surface area contributed by atoms with E-state index in [9.17, 15) is 10.1 Å². The van der Waals surface area contributed by atoms with Crippen LogP contribution in [0.3, 0.4) is 0 Å². The Bertz CT molecular complexity index is 1010. The summed E-state index contributed by atoms with van der Waals surface area (Å²) in [6.07, 6.45) is 7.53. The number of aromatic nitrogens is 2. The van der Waals surface area contributed by atoms with Gasteiger partial charge in [-0.3, -0.25) is 15.2 Å². The smallest absolute Gasteiger partial charge is 0.270 e. The fourth-order valence-electron chi connectivity index (χ4n) is 2.62. The molecule has 0 saturated carbocycles. The number of allylic oxidation sites excluding steroid dienone is 5. The van der Waals surface area contributed by atoms with Crippen LogP contribution in [0.1, 0.15) is 12.5 Å². The minimum Gasteiger partial charge on any atom is -0.277 e. The number of nitro groups is 1. The predicted molar refractivity (Wildman–Crippen MR) is 101 cm³/mol. The number of nitrogens with zero attached hydrogens (tertiary/aromatic N) is 2. The van der Waals surface area contributed by atoms with Gasteiger partial charge >= 0.3 is 0 Å². The maximum absolute atomic E-state index is 11.0. The van der Waals surface area contributed by atoms with Crippen LogP contribution in [0, 0.1) is 10.1 Å². The zero-order valence-electron chi connectivity index (χ0n) is 13.8. The van der Waals surface area contributed by atoms with Crippen LogP contribution in [0.25, 0.3) is 27.7 Å². The molecule has 5 heteroatoms. The van der Waals surface area contributed by atoms with E-state index in [4.69, 9.17) is 0 Å². The van der Waals surface area contributed by atoms with Gasteiger partial charge in [-0.05, 0) is 30.2 Å². The standard InChI is InChI=1S/C20H17N3O2/c1-3-4-5-7-14(2)15-8-6-9-16(12-15)20-18-13-17(23(24)25)10-11-19(18)21-22-20/h3-13H,1H2,2H3,(H,21,22)/b5-4-,14-7+. The van der Waals surface area contributed by atoms with Gasteiger partial charge < -0.3 is 0 Å². The Morgan fingerprint density at radius 2 is 2.08 bits per heavy atom. The molecule has 0 unspecified atom stereocenters. The highest BCUT2D eigenvalue weighted by Gasteiger charge is 2.13. The highest BCUT2D eigenvalue weighted by atomic mass is 16.6. The van der Waals surface area contributed by atoms with Crippen LogP contribution >= 0.6 is 0 Å². The Kier molecular flexibility index (Phi) is 4.57. The van der Waals surface area contributed by atoms with Gasteiger partial charge in [-0.2, -0.15) is 5.10 Å². The molecule has 124 valence electrons. The lowest BCUT2D eigenvalue weighted by atomic mass is 10.0. The van der Waals surface area contributed by atoms with Gasteiger partial charge in [-0.15, -0.1) is 0 Å². The van der Waals surface area contributed by atoms with Crippen LogP contribution in [0.4, 0.5) is 5.69 Å². The van der Waals surface area contributed by atoms with Crippen molar-refractivity contribution in [2.75, 3.05) is 0 Å². The van der Waals surface area contributed by atoms with Gasteiger partial charge in [0, 0.05) is 23.1 Å². The first-order chi connectivity index (χ1) is 12.1.